The molecule has 0 aliphatic carbocycles. The summed E-state index contributed by atoms with van der Waals surface area (Å²) in [5, 5.41) is 13.2. The first-order valence-electron chi connectivity index (χ1n) is 8.29. The van der Waals surface area contributed by atoms with Crippen molar-refractivity contribution in [3.63, 3.8) is 0 Å². The largest absolute Gasteiger partial charge is 0.497 e. The highest BCUT2D eigenvalue weighted by Crippen LogP contribution is 2.20. The minimum Gasteiger partial charge on any atom is -0.497 e. The molecule has 25 heavy (non-hydrogen) atoms. The summed E-state index contributed by atoms with van der Waals surface area (Å²) in [6.07, 6.45) is 1.90. The van der Waals surface area contributed by atoms with Gasteiger partial charge in [-0.25, -0.2) is 4.39 Å². The molecule has 5 heteroatoms. The Kier molecular flexibility index (Phi) is 6.53. The van der Waals surface area contributed by atoms with Crippen LogP contribution in [0.25, 0.3) is 0 Å². The molecule has 1 atom stereocenters. The quantitative estimate of drug-likeness (QED) is 0.772. The molecule has 0 aliphatic rings. The Hall–Kier alpha value is -2.40. The van der Waals surface area contributed by atoms with Gasteiger partial charge in [0.1, 0.15) is 17.2 Å². The van der Waals surface area contributed by atoms with Crippen LogP contribution in [0, 0.1) is 5.82 Å². The molecule has 0 radical (unpaired) electrons. The number of nitrogens with one attached hydrogen (secondary N) is 1. The summed E-state index contributed by atoms with van der Waals surface area (Å²) in [7, 11) is 1.63. The number of halogens is 1. The van der Waals surface area contributed by atoms with Gasteiger partial charge in [-0.1, -0.05) is 24.3 Å². The fourth-order valence-electron chi connectivity index (χ4n) is 2.52. The van der Waals surface area contributed by atoms with Gasteiger partial charge >= 0.3 is 0 Å². The van der Waals surface area contributed by atoms with Gasteiger partial charge in [-0.15, -0.1) is 0 Å². The van der Waals surface area contributed by atoms with Crippen LogP contribution in [-0.2, 0) is 16.8 Å². The second-order valence-electron chi connectivity index (χ2n) is 6.26. The molecule has 134 valence electrons. The van der Waals surface area contributed by atoms with E-state index < -0.39 is 5.60 Å². The lowest BCUT2D eigenvalue weighted by atomic mass is 9.96. The zero-order valence-corrected chi connectivity index (χ0v) is 14.6. The number of benzene rings is 2. The van der Waals surface area contributed by atoms with Gasteiger partial charge < -0.3 is 15.2 Å². The van der Waals surface area contributed by atoms with Crippen molar-refractivity contribution in [2.45, 2.75) is 31.8 Å². The van der Waals surface area contributed by atoms with Crippen molar-refractivity contribution in [2.75, 3.05) is 13.7 Å². The molecule has 2 aromatic rings. The number of methoxy groups -OCH3 is 1. The first-order valence-corrected chi connectivity index (χ1v) is 8.29. The van der Waals surface area contributed by atoms with Gasteiger partial charge in [-0.2, -0.15) is 0 Å². The summed E-state index contributed by atoms with van der Waals surface area (Å²) >= 11 is 0. The number of amides is 1. The second kappa shape index (κ2) is 8.62. The van der Waals surface area contributed by atoms with E-state index in [2.05, 4.69) is 5.32 Å². The number of aliphatic hydroxyl groups is 1. The third-order valence-corrected chi connectivity index (χ3v) is 4.12. The Morgan fingerprint density at radius 1 is 1.16 bits per heavy atom. The summed E-state index contributed by atoms with van der Waals surface area (Å²) in [6.45, 7) is 1.68. The lowest BCUT2D eigenvalue weighted by molar-refractivity contribution is -0.122. The van der Waals surface area contributed by atoms with E-state index in [-0.39, 0.29) is 18.3 Å². The van der Waals surface area contributed by atoms with E-state index in [1.807, 2.05) is 24.3 Å². The Morgan fingerprint density at radius 2 is 1.80 bits per heavy atom. The van der Waals surface area contributed by atoms with Crippen molar-refractivity contribution in [3.8, 4) is 5.75 Å². The normalized spacial score (nSPS) is 13.1. The van der Waals surface area contributed by atoms with E-state index in [0.717, 1.165) is 24.2 Å². The van der Waals surface area contributed by atoms with Crippen molar-refractivity contribution in [2.24, 2.45) is 0 Å². The molecular weight excluding hydrogens is 321 g/mol. The van der Waals surface area contributed by atoms with Gasteiger partial charge in [0, 0.05) is 6.42 Å². The smallest absolute Gasteiger partial charge is 0.220 e. The van der Waals surface area contributed by atoms with Crippen molar-refractivity contribution < 1.29 is 19.0 Å². The van der Waals surface area contributed by atoms with E-state index in [0.29, 0.717) is 12.0 Å². The van der Waals surface area contributed by atoms with Crippen LogP contribution in [0.4, 0.5) is 4.39 Å². The fraction of sp³-hybridized carbons (Fsp3) is 0.350. The van der Waals surface area contributed by atoms with Gasteiger partial charge in [0.2, 0.25) is 5.91 Å². The summed E-state index contributed by atoms with van der Waals surface area (Å²) in [4.78, 5) is 12.0. The summed E-state index contributed by atoms with van der Waals surface area (Å²) in [6, 6.07) is 13.4. The molecule has 0 heterocycles. The van der Waals surface area contributed by atoms with E-state index in [1.165, 1.54) is 24.3 Å². The molecule has 0 aromatic heterocycles. The molecule has 1 unspecified atom stereocenters. The minimum atomic E-state index is -1.24. The van der Waals surface area contributed by atoms with E-state index in [4.69, 9.17) is 4.74 Å². The third-order valence-electron chi connectivity index (χ3n) is 4.12. The Balaban J connectivity index is 1.75. The topological polar surface area (TPSA) is 58.6 Å². The van der Waals surface area contributed by atoms with Crippen molar-refractivity contribution in [1.82, 2.24) is 5.32 Å². The molecular formula is C20H24FNO3. The Labute approximate surface area is 147 Å². The average Bonchev–Trinajstić information content (AvgIpc) is 2.61. The maximum absolute atomic E-state index is 13.0. The molecule has 0 spiro atoms. The number of hydrogen-bond donors (Lipinski definition) is 2. The molecule has 0 saturated heterocycles. The number of carbonyl (C=O) groups excluding carboxylic acids is 1. The third kappa shape index (κ3) is 5.87. The van der Waals surface area contributed by atoms with Crippen LogP contribution in [0.1, 0.15) is 30.9 Å². The average molecular weight is 345 g/mol. The molecule has 2 N–H and O–H groups in total. The Bertz CT molecular complexity index is 681. The number of ether oxygens (including phenoxy) is 1. The van der Waals surface area contributed by atoms with Crippen molar-refractivity contribution in [3.05, 3.63) is 65.5 Å². The van der Waals surface area contributed by atoms with Crippen LogP contribution in [0.5, 0.6) is 5.75 Å². The van der Waals surface area contributed by atoms with Gasteiger partial charge in [-0.3, -0.25) is 4.79 Å². The van der Waals surface area contributed by atoms with Crippen LogP contribution < -0.4 is 10.1 Å². The van der Waals surface area contributed by atoms with Crippen LogP contribution in [0.2, 0.25) is 0 Å². The second-order valence-corrected chi connectivity index (χ2v) is 6.26. The highest BCUT2D eigenvalue weighted by atomic mass is 19.1. The molecule has 0 aliphatic heterocycles. The highest BCUT2D eigenvalue weighted by molar-refractivity contribution is 5.75. The van der Waals surface area contributed by atoms with E-state index in [1.54, 1.807) is 14.0 Å². The molecule has 1 amide bonds. The lowest BCUT2D eigenvalue weighted by Crippen LogP contribution is -2.38. The highest BCUT2D eigenvalue weighted by Gasteiger charge is 2.23. The number of rotatable bonds is 8. The lowest BCUT2D eigenvalue weighted by Gasteiger charge is -2.24. The first-order chi connectivity index (χ1) is 11.9. The SMILES string of the molecule is COc1ccc(CCCC(=O)NCC(C)(O)c2ccc(F)cc2)cc1. The predicted octanol–water partition coefficient (Wildman–Crippen LogP) is 3.18. The summed E-state index contributed by atoms with van der Waals surface area (Å²) in [5.41, 5.74) is 0.471. The predicted molar refractivity (Wildman–Crippen MR) is 94.9 cm³/mol. The van der Waals surface area contributed by atoms with E-state index in [9.17, 15) is 14.3 Å². The van der Waals surface area contributed by atoms with Crippen LogP contribution in [0.15, 0.2) is 48.5 Å². The van der Waals surface area contributed by atoms with Gasteiger partial charge in [0.15, 0.2) is 0 Å². The van der Waals surface area contributed by atoms with Gasteiger partial charge in [0.05, 0.1) is 13.7 Å². The van der Waals surface area contributed by atoms with Gasteiger partial charge in [0.25, 0.3) is 0 Å². The molecule has 0 saturated carbocycles. The zero-order chi connectivity index (χ0) is 18.3. The Morgan fingerprint density at radius 3 is 2.40 bits per heavy atom. The molecule has 0 fully saturated rings. The minimum absolute atomic E-state index is 0.0833. The fourth-order valence-corrected chi connectivity index (χ4v) is 2.52. The zero-order valence-electron chi connectivity index (χ0n) is 14.6. The van der Waals surface area contributed by atoms with Gasteiger partial charge in [-0.05, 0) is 55.2 Å². The van der Waals surface area contributed by atoms with Crippen LogP contribution in [0.3, 0.4) is 0 Å². The van der Waals surface area contributed by atoms with Crippen molar-refractivity contribution in [1.29, 1.82) is 0 Å². The number of carbonyl (C=O) groups is 1. The molecule has 2 aromatic carbocycles. The number of aryl methyl sites for hydroxylation is 1. The molecule has 0 bridgehead atoms. The maximum atomic E-state index is 13.0. The van der Waals surface area contributed by atoms with Crippen LogP contribution in [-0.4, -0.2) is 24.7 Å². The number of hydrogen-bond acceptors (Lipinski definition) is 3. The first kappa shape index (κ1) is 18.9. The summed E-state index contributed by atoms with van der Waals surface area (Å²) < 4.78 is 18.1. The van der Waals surface area contributed by atoms with Crippen LogP contribution >= 0.6 is 0 Å². The molecule has 4 nitrogen and oxygen atoms in total. The van der Waals surface area contributed by atoms with Crippen molar-refractivity contribution >= 4 is 5.91 Å². The molecule has 2 rings (SSSR count). The standard InChI is InChI=1S/C20H24FNO3/c1-20(24,16-8-10-17(21)11-9-16)14-22-19(23)5-3-4-15-6-12-18(25-2)13-7-15/h6-13,24H,3-5,14H2,1-2H3,(H,22,23). The summed E-state index contributed by atoms with van der Waals surface area (Å²) in [5.74, 6) is 0.336. The maximum Gasteiger partial charge on any atom is 0.220 e. The monoisotopic (exact) mass is 345 g/mol. The van der Waals surface area contributed by atoms with E-state index >= 15 is 0 Å².